The molecule has 2 heterocycles. The molecule has 8 heteroatoms. The standard InChI is InChI=1S/C27H27N5O3/c33-25(34)16-11-20-9-12-21(13-10-20)23-18-29-22-14-15-24(31-26(22)30-23)32-27(35)28-17-5-4-8-19-6-2-1-3-7-19/h1-3,6-7,9-10,12-15,18H,4-5,8,11,16-17H2,(H,33,34)(H2,28,30,31,32,35). The molecule has 4 rings (SSSR count). The molecule has 3 N–H and O–H groups in total. The van der Waals surface area contributed by atoms with E-state index in [1.165, 1.54) is 5.56 Å². The molecule has 0 fully saturated rings. The maximum atomic E-state index is 12.3. The normalized spacial score (nSPS) is 10.7. The van der Waals surface area contributed by atoms with Crippen molar-refractivity contribution in [2.24, 2.45) is 0 Å². The van der Waals surface area contributed by atoms with Crippen molar-refractivity contribution in [2.75, 3.05) is 11.9 Å². The van der Waals surface area contributed by atoms with E-state index in [0.29, 0.717) is 35.6 Å². The zero-order chi connectivity index (χ0) is 24.5. The number of carboxylic acid groups (broad SMARTS) is 1. The third-order valence-corrected chi connectivity index (χ3v) is 5.55. The molecular formula is C27H27N5O3. The first-order chi connectivity index (χ1) is 17.1. The molecule has 0 saturated carbocycles. The van der Waals surface area contributed by atoms with Crippen molar-refractivity contribution in [2.45, 2.75) is 32.1 Å². The van der Waals surface area contributed by atoms with E-state index >= 15 is 0 Å². The van der Waals surface area contributed by atoms with Crippen molar-refractivity contribution in [1.29, 1.82) is 0 Å². The van der Waals surface area contributed by atoms with Crippen LogP contribution in [-0.2, 0) is 17.6 Å². The Labute approximate surface area is 203 Å². The monoisotopic (exact) mass is 469 g/mol. The Morgan fingerprint density at radius 1 is 0.829 bits per heavy atom. The van der Waals surface area contributed by atoms with Gasteiger partial charge in [-0.05, 0) is 48.9 Å². The molecule has 0 unspecified atom stereocenters. The number of amides is 2. The van der Waals surface area contributed by atoms with Crippen LogP contribution in [-0.4, -0.2) is 38.6 Å². The summed E-state index contributed by atoms with van der Waals surface area (Å²) in [5.74, 6) is -0.420. The summed E-state index contributed by atoms with van der Waals surface area (Å²) in [5, 5.41) is 14.5. The maximum Gasteiger partial charge on any atom is 0.320 e. The largest absolute Gasteiger partial charge is 0.481 e. The Morgan fingerprint density at radius 3 is 2.37 bits per heavy atom. The van der Waals surface area contributed by atoms with E-state index < -0.39 is 5.97 Å². The number of hydrogen-bond acceptors (Lipinski definition) is 5. The average molecular weight is 470 g/mol. The highest BCUT2D eigenvalue weighted by Crippen LogP contribution is 2.20. The Hall–Kier alpha value is -4.33. The molecule has 0 aliphatic carbocycles. The van der Waals surface area contributed by atoms with Gasteiger partial charge in [0.25, 0.3) is 0 Å². The lowest BCUT2D eigenvalue weighted by Gasteiger charge is -2.08. The summed E-state index contributed by atoms with van der Waals surface area (Å²) in [7, 11) is 0. The van der Waals surface area contributed by atoms with Crippen LogP contribution in [0.2, 0.25) is 0 Å². The van der Waals surface area contributed by atoms with Gasteiger partial charge in [0.05, 0.1) is 11.9 Å². The Bertz CT molecular complexity index is 1290. The van der Waals surface area contributed by atoms with Crippen LogP contribution in [0.5, 0.6) is 0 Å². The second-order valence-corrected chi connectivity index (χ2v) is 8.21. The first-order valence-electron chi connectivity index (χ1n) is 11.6. The highest BCUT2D eigenvalue weighted by molar-refractivity contribution is 5.89. The zero-order valence-corrected chi connectivity index (χ0v) is 19.3. The van der Waals surface area contributed by atoms with Crippen LogP contribution in [0.4, 0.5) is 10.6 Å². The van der Waals surface area contributed by atoms with Gasteiger partial charge in [-0.2, -0.15) is 0 Å². The van der Waals surface area contributed by atoms with Crippen molar-refractivity contribution < 1.29 is 14.7 Å². The number of rotatable bonds is 10. The van der Waals surface area contributed by atoms with Crippen LogP contribution >= 0.6 is 0 Å². The van der Waals surface area contributed by atoms with E-state index in [1.54, 1.807) is 18.3 Å². The number of carboxylic acids is 1. The molecule has 2 aromatic carbocycles. The van der Waals surface area contributed by atoms with Crippen molar-refractivity contribution in [3.8, 4) is 11.3 Å². The van der Waals surface area contributed by atoms with Crippen molar-refractivity contribution in [1.82, 2.24) is 20.3 Å². The maximum absolute atomic E-state index is 12.3. The third-order valence-electron chi connectivity index (χ3n) is 5.55. The quantitative estimate of drug-likeness (QED) is 0.286. The van der Waals surface area contributed by atoms with Crippen LogP contribution in [0.25, 0.3) is 22.4 Å². The third kappa shape index (κ3) is 7.07. The molecule has 4 aromatic rings. The summed E-state index contributed by atoms with van der Waals surface area (Å²) >= 11 is 0. The molecule has 2 amide bonds. The first kappa shape index (κ1) is 23.8. The summed E-state index contributed by atoms with van der Waals surface area (Å²) in [6.45, 7) is 0.582. The average Bonchev–Trinajstić information content (AvgIpc) is 2.88. The van der Waals surface area contributed by atoms with Crippen LogP contribution in [0.15, 0.2) is 72.9 Å². The van der Waals surface area contributed by atoms with Crippen LogP contribution in [0.3, 0.4) is 0 Å². The van der Waals surface area contributed by atoms with E-state index in [1.807, 2.05) is 42.5 Å². The van der Waals surface area contributed by atoms with Crippen LogP contribution in [0.1, 0.15) is 30.4 Å². The highest BCUT2D eigenvalue weighted by Gasteiger charge is 2.08. The summed E-state index contributed by atoms with van der Waals surface area (Å²) in [6.07, 6.45) is 5.11. The molecule has 0 aliphatic heterocycles. The molecule has 0 saturated heterocycles. The fourth-order valence-corrected chi connectivity index (χ4v) is 3.66. The molecule has 0 atom stereocenters. The lowest BCUT2D eigenvalue weighted by Crippen LogP contribution is -2.29. The predicted molar refractivity (Wildman–Crippen MR) is 135 cm³/mol. The molecule has 0 radical (unpaired) electrons. The molecule has 8 nitrogen and oxygen atoms in total. The van der Waals surface area contributed by atoms with Crippen LogP contribution < -0.4 is 10.6 Å². The minimum atomic E-state index is -0.818. The number of pyridine rings is 1. The smallest absolute Gasteiger partial charge is 0.320 e. The summed E-state index contributed by atoms with van der Waals surface area (Å²) < 4.78 is 0. The van der Waals surface area contributed by atoms with E-state index in [-0.39, 0.29) is 12.5 Å². The van der Waals surface area contributed by atoms with E-state index in [9.17, 15) is 9.59 Å². The van der Waals surface area contributed by atoms with Gasteiger partial charge in [-0.15, -0.1) is 0 Å². The summed E-state index contributed by atoms with van der Waals surface area (Å²) in [5.41, 5.74) is 4.80. The molecule has 0 aliphatic rings. The van der Waals surface area contributed by atoms with E-state index in [4.69, 9.17) is 5.11 Å². The Kier molecular flexibility index (Phi) is 7.96. The molecule has 35 heavy (non-hydrogen) atoms. The minimum Gasteiger partial charge on any atom is -0.481 e. The van der Waals surface area contributed by atoms with Crippen molar-refractivity contribution in [3.05, 3.63) is 84.1 Å². The Balaban J connectivity index is 1.32. The number of anilines is 1. The van der Waals surface area contributed by atoms with Crippen molar-refractivity contribution in [3.63, 3.8) is 0 Å². The first-order valence-corrected chi connectivity index (χ1v) is 11.6. The topological polar surface area (TPSA) is 117 Å². The highest BCUT2D eigenvalue weighted by atomic mass is 16.4. The number of benzene rings is 2. The van der Waals surface area contributed by atoms with Gasteiger partial charge in [0.2, 0.25) is 0 Å². The van der Waals surface area contributed by atoms with Crippen molar-refractivity contribution >= 4 is 29.0 Å². The number of fused-ring (bicyclic) bond motifs is 1. The fourth-order valence-electron chi connectivity index (χ4n) is 3.66. The number of aryl methyl sites for hydroxylation is 2. The summed E-state index contributed by atoms with van der Waals surface area (Å²) in [6, 6.07) is 21.0. The number of hydrogen-bond donors (Lipinski definition) is 3. The number of aliphatic carboxylic acids is 1. The number of carbonyl (C=O) groups is 2. The van der Waals surface area contributed by atoms with Gasteiger partial charge in [-0.1, -0.05) is 54.6 Å². The molecule has 0 spiro atoms. The van der Waals surface area contributed by atoms with Gasteiger partial charge >= 0.3 is 12.0 Å². The lowest BCUT2D eigenvalue weighted by molar-refractivity contribution is -0.136. The zero-order valence-electron chi connectivity index (χ0n) is 19.3. The number of nitrogens with zero attached hydrogens (tertiary/aromatic N) is 3. The van der Waals surface area contributed by atoms with Gasteiger partial charge < -0.3 is 10.4 Å². The van der Waals surface area contributed by atoms with Gasteiger partial charge in [0.15, 0.2) is 5.65 Å². The van der Waals surface area contributed by atoms with Crippen LogP contribution in [0, 0.1) is 0 Å². The number of nitrogens with one attached hydrogen (secondary N) is 2. The summed E-state index contributed by atoms with van der Waals surface area (Å²) in [4.78, 5) is 36.5. The van der Waals surface area contributed by atoms with E-state index in [2.05, 4.69) is 37.7 Å². The van der Waals surface area contributed by atoms with Gasteiger partial charge in [-0.3, -0.25) is 15.1 Å². The predicted octanol–water partition coefficient (Wildman–Crippen LogP) is 4.85. The van der Waals surface area contributed by atoms with Gasteiger partial charge in [0.1, 0.15) is 11.3 Å². The second kappa shape index (κ2) is 11.7. The number of urea groups is 1. The molecular weight excluding hydrogens is 442 g/mol. The fraction of sp³-hybridized carbons (Fsp3) is 0.222. The van der Waals surface area contributed by atoms with Gasteiger partial charge in [-0.25, -0.2) is 14.8 Å². The number of aromatic nitrogens is 3. The second-order valence-electron chi connectivity index (χ2n) is 8.21. The number of unbranched alkanes of at least 4 members (excludes halogenated alkanes) is 1. The molecule has 178 valence electrons. The Morgan fingerprint density at radius 2 is 1.60 bits per heavy atom. The number of carbonyl (C=O) groups excluding carboxylic acids is 1. The van der Waals surface area contributed by atoms with Gasteiger partial charge in [0, 0.05) is 18.5 Å². The minimum absolute atomic E-state index is 0.0933. The molecule has 0 bridgehead atoms. The van der Waals surface area contributed by atoms with E-state index in [0.717, 1.165) is 30.4 Å². The SMILES string of the molecule is O=C(O)CCc1ccc(-c2cnc3ccc(NC(=O)NCCCCc4ccccc4)nc3n2)cc1. The lowest BCUT2D eigenvalue weighted by atomic mass is 10.1. The molecule has 2 aromatic heterocycles.